The third-order valence-corrected chi connectivity index (χ3v) is 13.3. The second kappa shape index (κ2) is 50.9. The Morgan fingerprint density at radius 2 is 0.840 bits per heavy atom. The molecule has 75 heavy (non-hydrogen) atoms. The highest BCUT2D eigenvalue weighted by atomic mass is 16.7. The molecule has 0 aromatic heterocycles. The van der Waals surface area contributed by atoms with Crippen LogP contribution < -0.4 is 0 Å². The number of aliphatic hydroxyl groups excluding tert-OH is 2. The molecule has 430 valence electrons. The minimum Gasteiger partial charge on any atom is -0.479 e. The molecule has 6 unspecified atom stereocenters. The van der Waals surface area contributed by atoms with Gasteiger partial charge in [0.2, 0.25) is 0 Å². The fraction of sp³-hybridized carbons (Fsp3) is 0.746. The zero-order chi connectivity index (χ0) is 54.7. The number of hydrogen-bond acceptors (Lipinski definition) is 11. The van der Waals surface area contributed by atoms with Crippen molar-refractivity contribution in [3.63, 3.8) is 0 Å². The lowest BCUT2D eigenvalue weighted by Gasteiger charge is -2.40. The number of allylic oxidation sites excluding steroid dienone is 12. The Hall–Kier alpha value is -3.84. The zero-order valence-electron chi connectivity index (χ0n) is 47.3. The van der Waals surface area contributed by atoms with E-state index in [-0.39, 0.29) is 25.9 Å². The minimum atomic E-state index is -1.91. The van der Waals surface area contributed by atoms with Gasteiger partial charge in [0.05, 0.1) is 6.61 Å². The fourth-order valence-corrected chi connectivity index (χ4v) is 8.75. The van der Waals surface area contributed by atoms with E-state index in [0.29, 0.717) is 19.3 Å². The van der Waals surface area contributed by atoms with Crippen LogP contribution in [0.5, 0.6) is 0 Å². The van der Waals surface area contributed by atoms with Gasteiger partial charge in [0, 0.05) is 19.3 Å². The molecule has 1 aliphatic rings. The van der Waals surface area contributed by atoms with E-state index in [9.17, 15) is 34.5 Å². The largest absolute Gasteiger partial charge is 0.479 e. The summed E-state index contributed by atoms with van der Waals surface area (Å²) >= 11 is 0. The van der Waals surface area contributed by atoms with Crippen molar-refractivity contribution in [1.29, 1.82) is 0 Å². The molecule has 0 spiro atoms. The number of carbonyl (C=O) groups is 4. The number of carboxylic acids is 1. The van der Waals surface area contributed by atoms with Crippen LogP contribution in [0.2, 0.25) is 0 Å². The Labute approximate surface area is 455 Å². The highest BCUT2D eigenvalue weighted by molar-refractivity contribution is 5.74. The maximum absolute atomic E-state index is 13.1. The number of ether oxygens (including phenoxy) is 5. The van der Waals surface area contributed by atoms with Crippen molar-refractivity contribution in [2.75, 3.05) is 13.2 Å². The molecule has 6 atom stereocenters. The molecule has 1 aliphatic heterocycles. The van der Waals surface area contributed by atoms with Crippen LogP contribution in [0.1, 0.15) is 252 Å². The van der Waals surface area contributed by atoms with Crippen molar-refractivity contribution in [3.05, 3.63) is 72.9 Å². The Morgan fingerprint density at radius 3 is 1.25 bits per heavy atom. The average molecular weight is 1060 g/mol. The number of esters is 3. The number of unbranched alkanes of at least 4 members (excludes halogenated alkanes) is 24. The predicted molar refractivity (Wildman–Crippen MR) is 303 cm³/mol. The summed E-state index contributed by atoms with van der Waals surface area (Å²) in [7, 11) is 0. The van der Waals surface area contributed by atoms with Gasteiger partial charge in [-0.2, -0.15) is 0 Å². The van der Waals surface area contributed by atoms with Gasteiger partial charge in [0.15, 0.2) is 24.6 Å². The molecule has 0 amide bonds. The van der Waals surface area contributed by atoms with Crippen LogP contribution in [0.25, 0.3) is 0 Å². The Kier molecular flexibility index (Phi) is 47.0. The smallest absolute Gasteiger partial charge is 0.335 e. The molecule has 1 saturated heterocycles. The van der Waals surface area contributed by atoms with Crippen LogP contribution in [0.3, 0.4) is 0 Å². The number of carbonyl (C=O) groups excluding carboxylic acids is 3. The fourth-order valence-electron chi connectivity index (χ4n) is 8.75. The second-order valence-electron chi connectivity index (χ2n) is 20.3. The highest BCUT2D eigenvalue weighted by Crippen LogP contribution is 2.26. The molecule has 12 nitrogen and oxygen atoms in total. The standard InChI is InChI=1S/C63H106O12/c1-4-7-10-13-16-19-22-25-26-27-28-29-30-33-34-37-40-43-46-49-55(64)71-52-54(73-56(65)50-47-44-41-38-35-31-23-20-17-14-11-8-5-2)53-72-63-61(59(68)58(67)60(75-63)62(69)70)74-57(66)51-48-45-42-39-36-32-24-21-18-15-12-9-6-3/h7,10,16,19,25-26,28-29,33-34,40,43,54,58-61,63,67-68H,4-6,8-9,11-15,17-18,20-24,27,30-32,35-39,41-42,44-53H2,1-3H3,(H,69,70)/b10-7-,19-16-,26-25-,29-28-,34-33-,43-40-. The first-order chi connectivity index (χ1) is 36.6. The molecular formula is C63H106O12. The van der Waals surface area contributed by atoms with Crippen LogP contribution in [0, 0.1) is 0 Å². The molecule has 1 heterocycles. The summed E-state index contributed by atoms with van der Waals surface area (Å²) in [5, 5.41) is 31.5. The van der Waals surface area contributed by atoms with Gasteiger partial charge in [0.25, 0.3) is 0 Å². The SMILES string of the molecule is CC/C=C\C/C=C\C/C=C\C/C=C\C/C=C\C/C=C\CCC(=O)OCC(COC1OC(C(=O)O)C(O)C(O)C1OC(=O)CCCCCCCCCCCCCCC)OC(=O)CCCCCCCCCCCCCCC. The molecule has 12 heteroatoms. The topological polar surface area (TPSA) is 175 Å². The van der Waals surface area contributed by atoms with Gasteiger partial charge in [-0.3, -0.25) is 14.4 Å². The first-order valence-corrected chi connectivity index (χ1v) is 29.9. The van der Waals surface area contributed by atoms with Crippen molar-refractivity contribution >= 4 is 23.9 Å². The van der Waals surface area contributed by atoms with Crippen LogP contribution in [0.15, 0.2) is 72.9 Å². The van der Waals surface area contributed by atoms with Gasteiger partial charge in [-0.1, -0.05) is 248 Å². The number of carboxylic acid groups (broad SMARTS) is 1. The quantitative estimate of drug-likeness (QED) is 0.0228. The van der Waals surface area contributed by atoms with E-state index in [0.717, 1.165) is 83.5 Å². The summed E-state index contributed by atoms with van der Waals surface area (Å²) < 4.78 is 28.3. The van der Waals surface area contributed by atoms with E-state index in [1.165, 1.54) is 109 Å². The lowest BCUT2D eigenvalue weighted by Crippen LogP contribution is -2.61. The zero-order valence-corrected chi connectivity index (χ0v) is 47.3. The van der Waals surface area contributed by atoms with E-state index >= 15 is 0 Å². The summed E-state index contributed by atoms with van der Waals surface area (Å²) in [6, 6.07) is 0. The van der Waals surface area contributed by atoms with Crippen LogP contribution in [0.4, 0.5) is 0 Å². The van der Waals surface area contributed by atoms with E-state index < -0.39 is 67.3 Å². The molecular weight excluding hydrogens is 949 g/mol. The summed E-state index contributed by atoms with van der Waals surface area (Å²) in [6.07, 6.45) is 51.7. The molecule has 3 N–H and O–H groups in total. The normalized spacial score (nSPS) is 18.7. The van der Waals surface area contributed by atoms with Crippen molar-refractivity contribution in [2.24, 2.45) is 0 Å². The average Bonchev–Trinajstić information content (AvgIpc) is 3.39. The molecule has 1 rings (SSSR count). The Balaban J connectivity index is 2.73. The molecule has 0 aromatic carbocycles. The van der Waals surface area contributed by atoms with Crippen molar-refractivity contribution in [3.8, 4) is 0 Å². The summed E-state index contributed by atoms with van der Waals surface area (Å²) in [5.41, 5.74) is 0. The summed E-state index contributed by atoms with van der Waals surface area (Å²) in [5.74, 6) is -3.22. The first-order valence-electron chi connectivity index (χ1n) is 29.9. The summed E-state index contributed by atoms with van der Waals surface area (Å²) in [4.78, 5) is 51.1. The van der Waals surface area contributed by atoms with Crippen LogP contribution in [-0.4, -0.2) is 89.2 Å². The van der Waals surface area contributed by atoms with E-state index in [2.05, 4.69) is 81.5 Å². The van der Waals surface area contributed by atoms with Crippen molar-refractivity contribution < 1.29 is 58.2 Å². The Bertz CT molecular complexity index is 1580. The maximum atomic E-state index is 13.1. The first kappa shape index (κ1) is 69.2. The second-order valence-corrected chi connectivity index (χ2v) is 20.3. The summed E-state index contributed by atoms with van der Waals surface area (Å²) in [6.45, 7) is 5.82. The molecule has 0 radical (unpaired) electrons. The number of aliphatic hydroxyl groups is 2. The number of rotatable bonds is 50. The highest BCUT2D eigenvalue weighted by Gasteiger charge is 2.50. The molecule has 0 aliphatic carbocycles. The minimum absolute atomic E-state index is 0.0557. The van der Waals surface area contributed by atoms with Gasteiger partial charge in [-0.15, -0.1) is 0 Å². The van der Waals surface area contributed by atoms with E-state index in [1.807, 2.05) is 12.2 Å². The van der Waals surface area contributed by atoms with Gasteiger partial charge >= 0.3 is 23.9 Å². The number of aliphatic carboxylic acids is 1. The van der Waals surface area contributed by atoms with E-state index in [1.54, 1.807) is 0 Å². The van der Waals surface area contributed by atoms with Gasteiger partial charge in [-0.05, 0) is 57.8 Å². The van der Waals surface area contributed by atoms with Crippen molar-refractivity contribution in [2.45, 2.75) is 289 Å². The van der Waals surface area contributed by atoms with Crippen LogP contribution >= 0.6 is 0 Å². The lowest BCUT2D eigenvalue weighted by atomic mass is 9.98. The molecule has 0 aromatic rings. The maximum Gasteiger partial charge on any atom is 0.335 e. The van der Waals surface area contributed by atoms with Gasteiger partial charge in [0.1, 0.15) is 18.8 Å². The monoisotopic (exact) mass is 1050 g/mol. The molecule has 1 fully saturated rings. The number of hydrogen-bond donors (Lipinski definition) is 3. The predicted octanol–water partition coefficient (Wildman–Crippen LogP) is 15.3. The lowest BCUT2D eigenvalue weighted by molar-refractivity contribution is -0.301. The van der Waals surface area contributed by atoms with Crippen LogP contribution in [-0.2, 0) is 42.9 Å². The third-order valence-electron chi connectivity index (χ3n) is 13.3. The third kappa shape index (κ3) is 41.0. The van der Waals surface area contributed by atoms with Crippen molar-refractivity contribution in [1.82, 2.24) is 0 Å². The molecule has 0 saturated carbocycles. The van der Waals surface area contributed by atoms with Gasteiger partial charge in [-0.25, -0.2) is 4.79 Å². The van der Waals surface area contributed by atoms with Gasteiger partial charge < -0.3 is 39.0 Å². The molecule has 0 bridgehead atoms. The van der Waals surface area contributed by atoms with E-state index in [4.69, 9.17) is 23.7 Å². The Morgan fingerprint density at radius 1 is 0.453 bits per heavy atom.